The molecule has 0 saturated heterocycles. The van der Waals surface area contributed by atoms with Crippen molar-refractivity contribution in [2.45, 2.75) is 26.2 Å². The topological polar surface area (TPSA) is 46.5 Å². The summed E-state index contributed by atoms with van der Waals surface area (Å²) in [6, 6.07) is 13.2. The summed E-state index contributed by atoms with van der Waals surface area (Å²) in [6.45, 7) is 10.6. The monoisotopic (exact) mass is 310 g/mol. The van der Waals surface area contributed by atoms with Crippen LogP contribution in [0.15, 0.2) is 49.0 Å². The van der Waals surface area contributed by atoms with E-state index in [0.717, 1.165) is 11.1 Å². The summed E-state index contributed by atoms with van der Waals surface area (Å²) >= 11 is 0. The van der Waals surface area contributed by atoms with Crippen LogP contribution in [0.5, 0.6) is 5.75 Å². The highest BCUT2D eigenvalue weighted by molar-refractivity contribution is 5.94. The van der Waals surface area contributed by atoms with Crippen molar-refractivity contribution in [3.8, 4) is 5.75 Å². The molecule has 3 nitrogen and oxygen atoms in total. The summed E-state index contributed by atoms with van der Waals surface area (Å²) in [4.78, 5) is 11.3. The number of hydrogen-bond acceptors (Lipinski definition) is 2. The van der Waals surface area contributed by atoms with Crippen LogP contribution < -0.4 is 4.74 Å². The van der Waals surface area contributed by atoms with Gasteiger partial charge in [0.1, 0.15) is 11.3 Å². The Morgan fingerprint density at radius 2 is 1.61 bits per heavy atom. The van der Waals surface area contributed by atoms with Crippen LogP contribution in [0.25, 0.3) is 5.57 Å². The van der Waals surface area contributed by atoms with Crippen LogP contribution in [-0.4, -0.2) is 18.2 Å². The van der Waals surface area contributed by atoms with Gasteiger partial charge in [-0.25, -0.2) is 4.79 Å². The van der Waals surface area contributed by atoms with Gasteiger partial charge >= 0.3 is 5.97 Å². The van der Waals surface area contributed by atoms with Gasteiger partial charge in [0.2, 0.25) is 0 Å². The number of carboxylic acid groups (broad SMARTS) is 1. The predicted octanol–water partition coefficient (Wildman–Crippen LogP) is 4.75. The fourth-order valence-electron chi connectivity index (χ4n) is 2.49. The molecule has 0 aromatic heterocycles. The second-order valence-electron chi connectivity index (χ2n) is 6.50. The fraction of sp³-hybridized carbons (Fsp3) is 0.250. The molecule has 2 rings (SSSR count). The predicted molar refractivity (Wildman–Crippen MR) is 93.2 cm³/mol. The van der Waals surface area contributed by atoms with E-state index >= 15 is 0 Å². The first-order chi connectivity index (χ1) is 10.8. The summed E-state index contributed by atoms with van der Waals surface area (Å²) in [6.07, 6.45) is 0. The molecule has 0 amide bonds. The van der Waals surface area contributed by atoms with Gasteiger partial charge in [-0.15, -0.1) is 0 Å². The Balaban J connectivity index is 2.45. The van der Waals surface area contributed by atoms with Gasteiger partial charge in [0.05, 0.1) is 7.11 Å². The maximum Gasteiger partial charge on any atom is 0.339 e. The Labute approximate surface area is 137 Å². The Bertz CT molecular complexity index is 734. The van der Waals surface area contributed by atoms with Gasteiger partial charge in [0.15, 0.2) is 0 Å². The molecule has 0 saturated carbocycles. The Hall–Kier alpha value is -2.55. The van der Waals surface area contributed by atoms with Gasteiger partial charge in [-0.3, -0.25) is 0 Å². The highest BCUT2D eigenvalue weighted by atomic mass is 16.5. The van der Waals surface area contributed by atoms with Gasteiger partial charge in [-0.1, -0.05) is 63.7 Å². The summed E-state index contributed by atoms with van der Waals surface area (Å²) < 4.78 is 5.32. The molecule has 0 fully saturated rings. The van der Waals surface area contributed by atoms with E-state index in [4.69, 9.17) is 4.74 Å². The normalized spacial score (nSPS) is 11.1. The molecule has 2 aromatic rings. The highest BCUT2D eigenvalue weighted by Gasteiger charge is 2.18. The van der Waals surface area contributed by atoms with Crippen LogP contribution in [0, 0.1) is 0 Å². The molecule has 1 N–H and O–H groups in total. The third kappa shape index (κ3) is 3.45. The summed E-state index contributed by atoms with van der Waals surface area (Å²) in [5, 5.41) is 9.29. The minimum absolute atomic E-state index is 0.0841. The first kappa shape index (κ1) is 16.8. The molecule has 0 atom stereocenters. The van der Waals surface area contributed by atoms with Crippen molar-refractivity contribution in [2.75, 3.05) is 7.11 Å². The number of hydrogen-bond donors (Lipinski definition) is 1. The average Bonchev–Trinajstić information content (AvgIpc) is 2.52. The van der Waals surface area contributed by atoms with Crippen molar-refractivity contribution in [3.63, 3.8) is 0 Å². The zero-order valence-electron chi connectivity index (χ0n) is 14.0. The minimum atomic E-state index is -1.01. The molecule has 0 spiro atoms. The quantitative estimate of drug-likeness (QED) is 0.886. The molecule has 23 heavy (non-hydrogen) atoms. The van der Waals surface area contributed by atoms with E-state index in [1.165, 1.54) is 18.7 Å². The number of carboxylic acids is 1. The largest absolute Gasteiger partial charge is 0.495 e. The van der Waals surface area contributed by atoms with E-state index in [-0.39, 0.29) is 11.0 Å². The smallest absolute Gasteiger partial charge is 0.339 e. The standard InChI is InChI=1S/C20H22O3/c1-13(14-9-11-15(12-10-14)20(2,3)4)16-7-6-8-17(19(21)22)18(16)23-5/h6-12H,1H2,2-5H3,(H,21,22). The second kappa shape index (κ2) is 6.29. The molecule has 0 aliphatic heterocycles. The highest BCUT2D eigenvalue weighted by Crippen LogP contribution is 2.33. The first-order valence-corrected chi connectivity index (χ1v) is 7.46. The molecule has 0 heterocycles. The molecular formula is C20H22O3. The Kier molecular flexibility index (Phi) is 4.60. The van der Waals surface area contributed by atoms with Gasteiger partial charge in [0.25, 0.3) is 0 Å². The molecule has 0 bridgehead atoms. The zero-order chi connectivity index (χ0) is 17.2. The van der Waals surface area contributed by atoms with Crippen molar-refractivity contribution in [3.05, 3.63) is 71.3 Å². The van der Waals surface area contributed by atoms with Gasteiger partial charge in [0, 0.05) is 5.56 Å². The second-order valence-corrected chi connectivity index (χ2v) is 6.50. The molecule has 0 aliphatic rings. The molecule has 0 radical (unpaired) electrons. The lowest BCUT2D eigenvalue weighted by molar-refractivity contribution is 0.0693. The van der Waals surface area contributed by atoms with Crippen LogP contribution in [0.2, 0.25) is 0 Å². The van der Waals surface area contributed by atoms with Crippen LogP contribution in [-0.2, 0) is 5.41 Å². The summed E-state index contributed by atoms with van der Waals surface area (Å²) in [7, 11) is 1.47. The lowest BCUT2D eigenvalue weighted by Gasteiger charge is -2.20. The number of aromatic carboxylic acids is 1. The number of para-hydroxylation sites is 1. The number of benzene rings is 2. The van der Waals surface area contributed by atoms with Crippen LogP contribution in [0.4, 0.5) is 0 Å². The molecule has 3 heteroatoms. The van der Waals surface area contributed by atoms with Crippen molar-refractivity contribution in [2.24, 2.45) is 0 Å². The van der Waals surface area contributed by atoms with Crippen molar-refractivity contribution >= 4 is 11.5 Å². The van der Waals surface area contributed by atoms with Gasteiger partial charge < -0.3 is 9.84 Å². The van der Waals surface area contributed by atoms with Crippen molar-refractivity contribution < 1.29 is 14.6 Å². The van der Waals surface area contributed by atoms with Crippen LogP contribution in [0.3, 0.4) is 0 Å². The average molecular weight is 310 g/mol. The van der Waals surface area contributed by atoms with Crippen LogP contribution in [0.1, 0.15) is 47.8 Å². The molecule has 120 valence electrons. The van der Waals surface area contributed by atoms with E-state index in [9.17, 15) is 9.90 Å². The number of methoxy groups -OCH3 is 1. The lowest BCUT2D eigenvalue weighted by Crippen LogP contribution is -2.10. The number of rotatable bonds is 4. The van der Waals surface area contributed by atoms with E-state index in [2.05, 4.69) is 39.5 Å². The lowest BCUT2D eigenvalue weighted by atomic mass is 9.85. The maximum absolute atomic E-state index is 11.3. The van der Waals surface area contributed by atoms with Gasteiger partial charge in [-0.05, 0) is 28.2 Å². The number of carbonyl (C=O) groups is 1. The van der Waals surface area contributed by atoms with E-state index in [0.29, 0.717) is 11.3 Å². The summed E-state index contributed by atoms with van der Waals surface area (Å²) in [5.41, 5.74) is 3.83. The number of ether oxygens (including phenoxy) is 1. The van der Waals surface area contributed by atoms with E-state index < -0.39 is 5.97 Å². The van der Waals surface area contributed by atoms with E-state index in [1.807, 2.05) is 18.2 Å². The van der Waals surface area contributed by atoms with Crippen molar-refractivity contribution in [1.29, 1.82) is 0 Å². The van der Waals surface area contributed by atoms with Gasteiger partial charge in [-0.2, -0.15) is 0 Å². The zero-order valence-corrected chi connectivity index (χ0v) is 14.0. The minimum Gasteiger partial charge on any atom is -0.495 e. The molecule has 2 aromatic carbocycles. The Morgan fingerprint density at radius 3 is 2.09 bits per heavy atom. The van der Waals surface area contributed by atoms with Crippen molar-refractivity contribution in [1.82, 2.24) is 0 Å². The molecule has 0 aliphatic carbocycles. The van der Waals surface area contributed by atoms with Crippen LogP contribution >= 0.6 is 0 Å². The SMILES string of the molecule is C=C(c1ccc(C(C)(C)C)cc1)c1cccc(C(=O)O)c1OC. The molecular weight excluding hydrogens is 288 g/mol. The third-order valence-electron chi connectivity index (χ3n) is 3.87. The summed E-state index contributed by atoms with van der Waals surface area (Å²) in [5.74, 6) is -0.676. The molecule has 0 unspecified atom stereocenters. The Morgan fingerprint density at radius 1 is 1.04 bits per heavy atom. The van der Waals surface area contributed by atoms with E-state index in [1.54, 1.807) is 6.07 Å². The fourth-order valence-corrected chi connectivity index (χ4v) is 2.49. The third-order valence-corrected chi connectivity index (χ3v) is 3.87. The maximum atomic E-state index is 11.3. The first-order valence-electron chi connectivity index (χ1n) is 7.46.